The standard InChI is InChI=1S/C16H31N3O2S.HI/c1-16(2,3)22(20,21)10-9-18-15(17-4)19-11-13-7-5-6-8-14(13)12-19;/h13-14H,5-12H2,1-4H3,(H,17,18);1H. The Labute approximate surface area is 158 Å². The van der Waals surface area contributed by atoms with Crippen molar-refractivity contribution in [3.63, 3.8) is 0 Å². The van der Waals surface area contributed by atoms with E-state index in [0.717, 1.165) is 30.9 Å². The van der Waals surface area contributed by atoms with Crippen LogP contribution < -0.4 is 5.32 Å². The van der Waals surface area contributed by atoms with Crippen LogP contribution in [0.25, 0.3) is 0 Å². The van der Waals surface area contributed by atoms with E-state index in [9.17, 15) is 8.42 Å². The molecule has 7 heteroatoms. The number of likely N-dealkylation sites (tertiary alicyclic amines) is 1. The van der Waals surface area contributed by atoms with E-state index in [0.29, 0.717) is 6.54 Å². The molecule has 1 N–H and O–H groups in total. The molecule has 5 nitrogen and oxygen atoms in total. The number of sulfone groups is 1. The van der Waals surface area contributed by atoms with Crippen LogP contribution in [0.15, 0.2) is 4.99 Å². The van der Waals surface area contributed by atoms with Crippen molar-refractivity contribution in [3.05, 3.63) is 0 Å². The fourth-order valence-electron chi connectivity index (χ4n) is 3.51. The summed E-state index contributed by atoms with van der Waals surface area (Å²) in [5.41, 5.74) is 0. The summed E-state index contributed by atoms with van der Waals surface area (Å²) in [5.74, 6) is 2.60. The molecule has 1 aliphatic heterocycles. The summed E-state index contributed by atoms with van der Waals surface area (Å²) in [6, 6.07) is 0. The Bertz CT molecular complexity index is 500. The van der Waals surface area contributed by atoms with Gasteiger partial charge in [-0.2, -0.15) is 0 Å². The van der Waals surface area contributed by atoms with Crippen molar-refractivity contribution in [2.75, 3.05) is 32.4 Å². The number of nitrogens with one attached hydrogen (secondary N) is 1. The second-order valence-electron chi connectivity index (χ2n) is 7.61. The Morgan fingerprint density at radius 2 is 1.70 bits per heavy atom. The topological polar surface area (TPSA) is 61.8 Å². The first kappa shape index (κ1) is 21.0. The normalized spacial score (nSPS) is 25.7. The van der Waals surface area contributed by atoms with E-state index < -0.39 is 14.6 Å². The smallest absolute Gasteiger partial charge is 0.193 e. The molecule has 1 heterocycles. The molecular formula is C16H32IN3O2S. The number of hydrogen-bond acceptors (Lipinski definition) is 3. The molecule has 0 bridgehead atoms. The van der Waals surface area contributed by atoms with Gasteiger partial charge in [0.05, 0.1) is 10.5 Å². The molecule has 23 heavy (non-hydrogen) atoms. The van der Waals surface area contributed by atoms with Crippen molar-refractivity contribution in [2.45, 2.75) is 51.2 Å². The average molecular weight is 457 g/mol. The summed E-state index contributed by atoms with van der Waals surface area (Å²) >= 11 is 0. The van der Waals surface area contributed by atoms with E-state index in [1.54, 1.807) is 27.8 Å². The summed E-state index contributed by atoms with van der Waals surface area (Å²) in [4.78, 5) is 6.66. The molecule has 0 aromatic heterocycles. The van der Waals surface area contributed by atoms with Crippen molar-refractivity contribution < 1.29 is 8.42 Å². The van der Waals surface area contributed by atoms with Crippen LogP contribution in [-0.4, -0.2) is 56.5 Å². The molecule has 1 saturated heterocycles. The molecule has 2 rings (SSSR count). The fraction of sp³-hybridized carbons (Fsp3) is 0.938. The third-order valence-corrected chi connectivity index (χ3v) is 7.68. The minimum atomic E-state index is -3.08. The van der Waals surface area contributed by atoms with Gasteiger partial charge in [-0.25, -0.2) is 8.42 Å². The maximum absolute atomic E-state index is 12.2. The number of guanidine groups is 1. The largest absolute Gasteiger partial charge is 0.355 e. The lowest BCUT2D eigenvalue weighted by atomic mass is 9.82. The first-order valence-electron chi connectivity index (χ1n) is 8.42. The second-order valence-corrected chi connectivity index (χ2v) is 10.5. The quantitative estimate of drug-likeness (QED) is 0.402. The Morgan fingerprint density at radius 3 is 2.13 bits per heavy atom. The molecule has 0 radical (unpaired) electrons. The van der Waals surface area contributed by atoms with Crippen LogP contribution in [0.5, 0.6) is 0 Å². The Hall–Kier alpha value is -0.0500. The SMILES string of the molecule is CN=C(NCCS(=O)(=O)C(C)(C)C)N1CC2CCCCC2C1.I. The Kier molecular flexibility index (Phi) is 7.63. The summed E-state index contributed by atoms with van der Waals surface area (Å²) in [6.07, 6.45) is 5.36. The molecule has 136 valence electrons. The first-order chi connectivity index (χ1) is 10.2. The summed E-state index contributed by atoms with van der Waals surface area (Å²) < 4.78 is 23.6. The van der Waals surface area contributed by atoms with Crippen LogP contribution in [0.4, 0.5) is 0 Å². The maximum Gasteiger partial charge on any atom is 0.193 e. The Balaban J connectivity index is 0.00000264. The zero-order valence-electron chi connectivity index (χ0n) is 14.8. The van der Waals surface area contributed by atoms with Gasteiger partial charge in [-0.15, -0.1) is 24.0 Å². The molecule has 0 spiro atoms. The molecule has 0 aromatic rings. The van der Waals surface area contributed by atoms with Gasteiger partial charge in [0.25, 0.3) is 0 Å². The zero-order valence-corrected chi connectivity index (χ0v) is 18.0. The Morgan fingerprint density at radius 1 is 1.17 bits per heavy atom. The van der Waals surface area contributed by atoms with Crippen LogP contribution in [0.2, 0.25) is 0 Å². The van der Waals surface area contributed by atoms with Gasteiger partial charge in [-0.3, -0.25) is 4.99 Å². The van der Waals surface area contributed by atoms with E-state index in [4.69, 9.17) is 0 Å². The third kappa shape index (κ3) is 5.21. The van der Waals surface area contributed by atoms with Gasteiger partial charge in [-0.05, 0) is 45.4 Å². The van der Waals surface area contributed by atoms with E-state index >= 15 is 0 Å². The lowest BCUT2D eigenvalue weighted by Gasteiger charge is -2.23. The van der Waals surface area contributed by atoms with Crippen LogP contribution in [0.3, 0.4) is 0 Å². The van der Waals surface area contributed by atoms with Gasteiger partial charge in [0.1, 0.15) is 0 Å². The molecule has 2 unspecified atom stereocenters. The predicted octanol–water partition coefficient (Wildman–Crippen LogP) is 2.52. The highest BCUT2D eigenvalue weighted by Crippen LogP contribution is 2.35. The number of aliphatic imine (C=N–C) groups is 1. The molecule has 2 fully saturated rings. The van der Waals surface area contributed by atoms with Crippen LogP contribution >= 0.6 is 24.0 Å². The van der Waals surface area contributed by atoms with E-state index in [2.05, 4.69) is 15.2 Å². The molecular weight excluding hydrogens is 425 g/mol. The first-order valence-corrected chi connectivity index (χ1v) is 10.1. The van der Waals surface area contributed by atoms with Gasteiger partial charge < -0.3 is 10.2 Å². The molecule has 0 amide bonds. The highest BCUT2D eigenvalue weighted by molar-refractivity contribution is 14.0. The van der Waals surface area contributed by atoms with E-state index in [-0.39, 0.29) is 29.7 Å². The van der Waals surface area contributed by atoms with Crippen molar-refractivity contribution in [2.24, 2.45) is 16.8 Å². The van der Waals surface area contributed by atoms with Crippen molar-refractivity contribution in [3.8, 4) is 0 Å². The van der Waals surface area contributed by atoms with Gasteiger partial charge >= 0.3 is 0 Å². The zero-order chi connectivity index (χ0) is 16.4. The number of halogens is 1. The molecule has 2 aliphatic rings. The van der Waals surface area contributed by atoms with E-state index in [1.807, 2.05) is 0 Å². The number of fused-ring (bicyclic) bond motifs is 1. The minimum Gasteiger partial charge on any atom is -0.355 e. The molecule has 1 aliphatic carbocycles. The number of rotatable bonds is 3. The van der Waals surface area contributed by atoms with Crippen molar-refractivity contribution in [1.29, 1.82) is 0 Å². The van der Waals surface area contributed by atoms with Crippen LogP contribution in [-0.2, 0) is 9.84 Å². The average Bonchev–Trinajstić information content (AvgIpc) is 2.85. The number of nitrogens with zero attached hydrogens (tertiary/aromatic N) is 2. The lowest BCUT2D eigenvalue weighted by Crippen LogP contribution is -2.43. The highest BCUT2D eigenvalue weighted by Gasteiger charge is 2.35. The van der Waals surface area contributed by atoms with Gasteiger partial charge in [0, 0.05) is 26.7 Å². The van der Waals surface area contributed by atoms with Crippen LogP contribution in [0, 0.1) is 11.8 Å². The van der Waals surface area contributed by atoms with Gasteiger partial charge in [0.15, 0.2) is 15.8 Å². The second kappa shape index (κ2) is 8.36. The maximum atomic E-state index is 12.2. The number of hydrogen-bond donors (Lipinski definition) is 1. The summed E-state index contributed by atoms with van der Waals surface area (Å²) in [7, 11) is -1.30. The van der Waals surface area contributed by atoms with Crippen LogP contribution in [0.1, 0.15) is 46.5 Å². The van der Waals surface area contributed by atoms with Crippen molar-refractivity contribution in [1.82, 2.24) is 10.2 Å². The highest BCUT2D eigenvalue weighted by atomic mass is 127. The summed E-state index contributed by atoms with van der Waals surface area (Å²) in [6.45, 7) is 7.82. The molecule has 2 atom stereocenters. The van der Waals surface area contributed by atoms with Gasteiger partial charge in [-0.1, -0.05) is 12.8 Å². The monoisotopic (exact) mass is 457 g/mol. The minimum absolute atomic E-state index is 0. The lowest BCUT2D eigenvalue weighted by molar-refractivity contribution is 0.299. The predicted molar refractivity (Wildman–Crippen MR) is 107 cm³/mol. The molecule has 1 saturated carbocycles. The van der Waals surface area contributed by atoms with E-state index in [1.165, 1.54) is 25.7 Å². The summed E-state index contributed by atoms with van der Waals surface area (Å²) in [5, 5.41) is 3.25. The fourth-order valence-corrected chi connectivity index (χ4v) is 4.50. The van der Waals surface area contributed by atoms with Crippen molar-refractivity contribution >= 4 is 39.8 Å². The third-order valence-electron chi connectivity index (χ3n) is 5.07. The molecule has 0 aromatic carbocycles. The van der Waals surface area contributed by atoms with Gasteiger partial charge in [0.2, 0.25) is 0 Å².